The fourth-order valence-electron chi connectivity index (χ4n) is 1.50. The average molecular weight is 248 g/mol. The molecule has 17 heavy (non-hydrogen) atoms. The van der Waals surface area contributed by atoms with Gasteiger partial charge in [-0.2, -0.15) is 0 Å². The highest BCUT2D eigenvalue weighted by Crippen LogP contribution is 2.34. The van der Waals surface area contributed by atoms with Crippen LogP contribution in [0.4, 0.5) is 5.69 Å². The quantitative estimate of drug-likeness (QED) is 0.565. The minimum Gasteiger partial charge on any atom is -0.493 e. The van der Waals surface area contributed by atoms with E-state index < -0.39 is 0 Å². The Balaban J connectivity index is 2.35. The molecule has 1 heterocycles. The second kappa shape index (κ2) is 4.92. The highest BCUT2D eigenvalue weighted by atomic mass is 32.1. The molecule has 5 nitrogen and oxygen atoms in total. The predicted molar refractivity (Wildman–Crippen MR) is 70.8 cm³/mol. The number of para-hydroxylation sites is 1. The molecule has 0 amide bonds. The van der Waals surface area contributed by atoms with Crippen LogP contribution in [-0.4, -0.2) is 21.7 Å². The van der Waals surface area contributed by atoms with Gasteiger partial charge in [-0.3, -0.25) is 0 Å². The first-order valence-corrected chi connectivity index (χ1v) is 5.62. The molecular weight excluding hydrogens is 236 g/mol. The summed E-state index contributed by atoms with van der Waals surface area (Å²) >= 11 is 4.93. The standard InChI is InChI=1S/C11H12N4OS/c1-2-12-11(17)15-14-9-7-5-3-4-6-8(7)13-10(9)16/h3-6,13,16H,2H2,1H3,(H,12,17). The molecule has 3 N–H and O–H groups in total. The molecule has 0 fully saturated rings. The molecule has 2 rings (SSSR count). The van der Waals surface area contributed by atoms with Gasteiger partial charge in [0.15, 0.2) is 5.69 Å². The normalized spacial score (nSPS) is 11.1. The zero-order chi connectivity index (χ0) is 12.3. The molecule has 88 valence electrons. The van der Waals surface area contributed by atoms with Gasteiger partial charge in [-0.25, -0.2) is 0 Å². The molecule has 2 aromatic rings. The predicted octanol–water partition coefficient (Wildman–Crippen LogP) is 2.85. The summed E-state index contributed by atoms with van der Waals surface area (Å²) in [5.74, 6) is -0.00533. The van der Waals surface area contributed by atoms with Gasteiger partial charge >= 0.3 is 0 Å². The van der Waals surface area contributed by atoms with E-state index in [1.807, 2.05) is 31.2 Å². The van der Waals surface area contributed by atoms with E-state index in [1.165, 1.54) is 0 Å². The molecule has 0 saturated carbocycles. The molecular formula is C11H12N4OS. The van der Waals surface area contributed by atoms with Crippen molar-refractivity contribution in [2.75, 3.05) is 6.54 Å². The number of H-pyrrole nitrogens is 1. The van der Waals surface area contributed by atoms with Crippen molar-refractivity contribution >= 4 is 33.9 Å². The molecule has 0 spiro atoms. The van der Waals surface area contributed by atoms with Gasteiger partial charge in [-0.15, -0.1) is 10.2 Å². The third-order valence-corrected chi connectivity index (χ3v) is 2.45. The average Bonchev–Trinajstić information content (AvgIpc) is 2.62. The number of hydrogen-bond donors (Lipinski definition) is 3. The Morgan fingerprint density at radius 3 is 3.00 bits per heavy atom. The Morgan fingerprint density at radius 2 is 2.24 bits per heavy atom. The minimum atomic E-state index is -0.00533. The number of nitrogens with one attached hydrogen (secondary N) is 2. The van der Waals surface area contributed by atoms with Crippen LogP contribution in [0.1, 0.15) is 6.92 Å². The third-order valence-electron chi connectivity index (χ3n) is 2.23. The number of nitrogens with zero attached hydrogens (tertiary/aromatic N) is 2. The van der Waals surface area contributed by atoms with Gasteiger partial charge in [0.25, 0.3) is 0 Å². The zero-order valence-corrected chi connectivity index (χ0v) is 10.1. The van der Waals surface area contributed by atoms with Crippen LogP contribution in [0.15, 0.2) is 34.5 Å². The molecule has 0 unspecified atom stereocenters. The number of azo groups is 1. The highest BCUT2D eigenvalue weighted by molar-refractivity contribution is 7.80. The van der Waals surface area contributed by atoms with Crippen molar-refractivity contribution < 1.29 is 5.11 Å². The Kier molecular flexibility index (Phi) is 3.34. The number of benzene rings is 1. The van der Waals surface area contributed by atoms with Gasteiger partial charge < -0.3 is 15.4 Å². The number of hydrogen-bond acceptors (Lipinski definition) is 3. The van der Waals surface area contributed by atoms with Crippen LogP contribution in [-0.2, 0) is 0 Å². The minimum absolute atomic E-state index is 0.00533. The summed E-state index contributed by atoms with van der Waals surface area (Å²) in [5, 5.41) is 21.5. The van der Waals surface area contributed by atoms with E-state index in [1.54, 1.807) is 0 Å². The first kappa shape index (κ1) is 11.5. The van der Waals surface area contributed by atoms with E-state index in [0.29, 0.717) is 17.3 Å². The summed E-state index contributed by atoms with van der Waals surface area (Å²) in [6.45, 7) is 2.61. The van der Waals surface area contributed by atoms with E-state index >= 15 is 0 Å². The zero-order valence-electron chi connectivity index (χ0n) is 9.27. The van der Waals surface area contributed by atoms with E-state index in [-0.39, 0.29) is 5.88 Å². The maximum Gasteiger partial charge on any atom is 0.218 e. The van der Waals surface area contributed by atoms with Crippen LogP contribution in [0.2, 0.25) is 0 Å². The van der Waals surface area contributed by atoms with E-state index in [0.717, 1.165) is 10.9 Å². The van der Waals surface area contributed by atoms with Crippen molar-refractivity contribution in [1.29, 1.82) is 0 Å². The van der Waals surface area contributed by atoms with E-state index in [4.69, 9.17) is 12.2 Å². The lowest BCUT2D eigenvalue weighted by Crippen LogP contribution is -2.17. The molecule has 0 atom stereocenters. The van der Waals surface area contributed by atoms with Crippen LogP contribution < -0.4 is 5.32 Å². The van der Waals surface area contributed by atoms with Gasteiger partial charge in [0.2, 0.25) is 11.0 Å². The number of rotatable bonds is 2. The summed E-state index contributed by atoms with van der Waals surface area (Å²) in [5.41, 5.74) is 1.22. The number of aromatic nitrogens is 1. The monoisotopic (exact) mass is 248 g/mol. The smallest absolute Gasteiger partial charge is 0.218 e. The SMILES string of the molecule is CCNC(=S)N=Nc1c(O)[nH]c2ccccc12. The second-order valence-corrected chi connectivity index (χ2v) is 3.79. The molecule has 6 heteroatoms. The molecule has 0 saturated heterocycles. The molecule has 0 radical (unpaired) electrons. The summed E-state index contributed by atoms with van der Waals surface area (Å²) in [4.78, 5) is 2.82. The van der Waals surface area contributed by atoms with Crippen LogP contribution in [0.3, 0.4) is 0 Å². The Bertz CT molecular complexity index is 576. The van der Waals surface area contributed by atoms with Crippen molar-refractivity contribution in [3.05, 3.63) is 24.3 Å². The van der Waals surface area contributed by atoms with Crippen molar-refractivity contribution in [2.24, 2.45) is 10.2 Å². The number of thiocarbonyl (C=S) groups is 1. The van der Waals surface area contributed by atoms with Gasteiger partial charge in [-0.1, -0.05) is 18.2 Å². The van der Waals surface area contributed by atoms with Gasteiger partial charge in [0.05, 0.1) is 5.52 Å². The summed E-state index contributed by atoms with van der Waals surface area (Å²) in [6.07, 6.45) is 0. The van der Waals surface area contributed by atoms with Crippen molar-refractivity contribution in [3.63, 3.8) is 0 Å². The Hall–Kier alpha value is -1.95. The molecule has 0 bridgehead atoms. The van der Waals surface area contributed by atoms with Gasteiger partial charge in [-0.05, 0) is 25.2 Å². The Labute approximate surface area is 104 Å². The number of aromatic amines is 1. The fourth-order valence-corrected chi connectivity index (χ4v) is 1.68. The van der Waals surface area contributed by atoms with E-state index in [9.17, 15) is 5.11 Å². The number of fused-ring (bicyclic) bond motifs is 1. The van der Waals surface area contributed by atoms with Crippen LogP contribution >= 0.6 is 12.2 Å². The summed E-state index contributed by atoms with van der Waals surface area (Å²) in [7, 11) is 0. The van der Waals surface area contributed by atoms with Crippen LogP contribution in [0, 0.1) is 0 Å². The molecule has 0 aliphatic heterocycles. The number of aromatic hydroxyl groups is 1. The Morgan fingerprint density at radius 1 is 1.47 bits per heavy atom. The molecule has 0 aliphatic rings. The fraction of sp³-hybridized carbons (Fsp3) is 0.182. The molecule has 1 aromatic heterocycles. The topological polar surface area (TPSA) is 72.8 Å². The third kappa shape index (κ3) is 2.42. The maximum atomic E-state index is 9.70. The lowest BCUT2D eigenvalue weighted by Gasteiger charge is -1.96. The van der Waals surface area contributed by atoms with Gasteiger partial charge in [0.1, 0.15) is 0 Å². The summed E-state index contributed by atoms with van der Waals surface area (Å²) < 4.78 is 0. The van der Waals surface area contributed by atoms with Gasteiger partial charge in [0, 0.05) is 11.9 Å². The van der Waals surface area contributed by atoms with Crippen LogP contribution in [0.5, 0.6) is 5.88 Å². The molecule has 1 aromatic carbocycles. The van der Waals surface area contributed by atoms with Crippen molar-refractivity contribution in [1.82, 2.24) is 10.3 Å². The highest BCUT2D eigenvalue weighted by Gasteiger charge is 2.09. The van der Waals surface area contributed by atoms with E-state index in [2.05, 4.69) is 20.5 Å². The first-order valence-electron chi connectivity index (χ1n) is 5.21. The second-order valence-electron chi connectivity index (χ2n) is 3.40. The molecule has 0 aliphatic carbocycles. The first-order chi connectivity index (χ1) is 8.22. The summed E-state index contributed by atoms with van der Waals surface area (Å²) in [6, 6.07) is 7.46. The maximum absolute atomic E-state index is 9.70. The van der Waals surface area contributed by atoms with Crippen LogP contribution in [0.25, 0.3) is 10.9 Å². The lowest BCUT2D eigenvalue weighted by atomic mass is 10.2. The largest absolute Gasteiger partial charge is 0.493 e. The van der Waals surface area contributed by atoms with Crippen molar-refractivity contribution in [3.8, 4) is 5.88 Å². The van der Waals surface area contributed by atoms with Crippen molar-refractivity contribution in [2.45, 2.75) is 6.92 Å². The lowest BCUT2D eigenvalue weighted by molar-refractivity contribution is 0.459.